The van der Waals surface area contributed by atoms with Crippen LogP contribution in [0, 0.1) is 0 Å². The molecule has 0 radical (unpaired) electrons. The maximum atomic E-state index is 11.8. The van der Waals surface area contributed by atoms with Gasteiger partial charge in [0.15, 0.2) is 11.7 Å². The van der Waals surface area contributed by atoms with Gasteiger partial charge in [0, 0.05) is 4.88 Å². The van der Waals surface area contributed by atoms with Crippen molar-refractivity contribution in [1.82, 2.24) is 4.98 Å². The smallest absolute Gasteiger partial charge is 0.311 e. The first-order chi connectivity index (χ1) is 10.7. The molecule has 0 spiro atoms. The van der Waals surface area contributed by atoms with Gasteiger partial charge >= 0.3 is 5.97 Å². The van der Waals surface area contributed by atoms with Crippen LogP contribution >= 0.6 is 22.7 Å². The molecule has 1 amide bonds. The van der Waals surface area contributed by atoms with Gasteiger partial charge in [-0.05, 0) is 23.6 Å². The number of carbonyl (C=O) groups excluding carboxylic acids is 2. The number of amides is 1. The van der Waals surface area contributed by atoms with Crippen LogP contribution in [0.15, 0.2) is 41.8 Å². The Labute approximate surface area is 134 Å². The molecule has 0 atom stereocenters. The largest absolute Gasteiger partial charge is 0.455 e. The molecule has 0 aliphatic heterocycles. The summed E-state index contributed by atoms with van der Waals surface area (Å²) in [6.07, 6.45) is 0.187. The SMILES string of the molecule is O=C(COC(=O)Cc1cccs1)Nc1nc2ccccc2s1. The lowest BCUT2D eigenvalue weighted by Crippen LogP contribution is -2.21. The third kappa shape index (κ3) is 3.69. The van der Waals surface area contributed by atoms with Crippen molar-refractivity contribution in [2.45, 2.75) is 6.42 Å². The number of benzene rings is 1. The molecule has 0 saturated carbocycles. The molecule has 112 valence electrons. The maximum Gasteiger partial charge on any atom is 0.311 e. The first-order valence-electron chi connectivity index (χ1n) is 6.54. The van der Waals surface area contributed by atoms with Gasteiger partial charge in [-0.3, -0.25) is 14.9 Å². The molecule has 22 heavy (non-hydrogen) atoms. The molecule has 0 bridgehead atoms. The van der Waals surface area contributed by atoms with E-state index >= 15 is 0 Å². The fourth-order valence-corrected chi connectivity index (χ4v) is 3.41. The number of thiazole rings is 1. The molecule has 1 aromatic carbocycles. The number of aromatic nitrogens is 1. The Morgan fingerprint density at radius 1 is 1.18 bits per heavy atom. The quantitative estimate of drug-likeness (QED) is 0.729. The van der Waals surface area contributed by atoms with E-state index in [0.717, 1.165) is 15.1 Å². The Bertz CT molecular complexity index is 763. The highest BCUT2D eigenvalue weighted by Crippen LogP contribution is 2.25. The molecule has 3 aromatic rings. The van der Waals surface area contributed by atoms with E-state index in [4.69, 9.17) is 4.74 Å². The Morgan fingerprint density at radius 2 is 2.05 bits per heavy atom. The number of ether oxygens (including phenoxy) is 1. The minimum atomic E-state index is -0.415. The first kappa shape index (κ1) is 14.7. The second kappa shape index (κ2) is 6.67. The number of carbonyl (C=O) groups is 2. The van der Waals surface area contributed by atoms with E-state index in [1.165, 1.54) is 22.7 Å². The fraction of sp³-hybridized carbons (Fsp3) is 0.133. The summed E-state index contributed by atoms with van der Waals surface area (Å²) in [6.45, 7) is -0.305. The predicted molar refractivity (Wildman–Crippen MR) is 87.2 cm³/mol. The number of hydrogen-bond donors (Lipinski definition) is 1. The lowest BCUT2D eigenvalue weighted by molar-refractivity contribution is -0.146. The number of rotatable bonds is 5. The standard InChI is InChI=1S/C15H12N2O3S2/c18-13(9-20-14(19)8-10-4-3-7-21-10)17-15-16-11-5-1-2-6-12(11)22-15/h1-7H,8-9H2,(H,16,17,18). The molecule has 2 heterocycles. The molecule has 0 unspecified atom stereocenters. The lowest BCUT2D eigenvalue weighted by Gasteiger charge is -2.03. The highest BCUT2D eigenvalue weighted by Gasteiger charge is 2.11. The van der Waals surface area contributed by atoms with Gasteiger partial charge < -0.3 is 4.74 Å². The van der Waals surface area contributed by atoms with Gasteiger partial charge in [0.05, 0.1) is 16.6 Å². The van der Waals surface area contributed by atoms with Crippen LogP contribution in [0.25, 0.3) is 10.2 Å². The van der Waals surface area contributed by atoms with Crippen LogP contribution in [-0.2, 0) is 20.7 Å². The Morgan fingerprint density at radius 3 is 2.82 bits per heavy atom. The summed E-state index contributed by atoms with van der Waals surface area (Å²) < 4.78 is 5.95. The Kier molecular flexibility index (Phi) is 4.45. The molecule has 2 aromatic heterocycles. The van der Waals surface area contributed by atoms with Crippen molar-refractivity contribution in [2.75, 3.05) is 11.9 Å². The molecular weight excluding hydrogens is 320 g/mol. The van der Waals surface area contributed by atoms with E-state index in [2.05, 4.69) is 10.3 Å². The summed E-state index contributed by atoms with van der Waals surface area (Å²) in [5, 5.41) is 5.03. The van der Waals surface area contributed by atoms with E-state index in [0.29, 0.717) is 5.13 Å². The first-order valence-corrected chi connectivity index (χ1v) is 8.24. The lowest BCUT2D eigenvalue weighted by atomic mass is 10.3. The van der Waals surface area contributed by atoms with Crippen LogP contribution in [0.2, 0.25) is 0 Å². The van der Waals surface area contributed by atoms with Crippen molar-refractivity contribution in [2.24, 2.45) is 0 Å². The number of hydrogen-bond acceptors (Lipinski definition) is 6. The molecule has 0 aliphatic rings. The molecule has 1 N–H and O–H groups in total. The number of thiophene rings is 1. The summed E-state index contributed by atoms with van der Waals surface area (Å²) in [5.41, 5.74) is 0.831. The van der Waals surface area contributed by atoms with Crippen molar-refractivity contribution in [3.05, 3.63) is 46.7 Å². The normalized spacial score (nSPS) is 10.5. The Hall–Kier alpha value is -2.25. The maximum absolute atomic E-state index is 11.8. The summed E-state index contributed by atoms with van der Waals surface area (Å²) in [4.78, 5) is 28.6. The third-order valence-electron chi connectivity index (χ3n) is 2.80. The second-order valence-electron chi connectivity index (χ2n) is 4.45. The topological polar surface area (TPSA) is 68.3 Å². The average molecular weight is 332 g/mol. The van der Waals surface area contributed by atoms with Crippen LogP contribution < -0.4 is 5.32 Å². The zero-order chi connectivity index (χ0) is 15.4. The number of nitrogens with one attached hydrogen (secondary N) is 1. The van der Waals surface area contributed by atoms with Crippen LogP contribution in [0.4, 0.5) is 5.13 Å². The van der Waals surface area contributed by atoms with E-state index in [-0.39, 0.29) is 13.0 Å². The Balaban J connectivity index is 1.50. The van der Waals surface area contributed by atoms with Gasteiger partial charge in [-0.1, -0.05) is 29.5 Å². The molecule has 0 aliphatic carbocycles. The third-order valence-corrected chi connectivity index (χ3v) is 4.63. The van der Waals surface area contributed by atoms with Crippen molar-refractivity contribution in [3.63, 3.8) is 0 Å². The number of fused-ring (bicyclic) bond motifs is 1. The highest BCUT2D eigenvalue weighted by atomic mass is 32.1. The van der Waals surface area contributed by atoms with Gasteiger partial charge in [0.2, 0.25) is 0 Å². The molecule has 0 saturated heterocycles. The van der Waals surface area contributed by atoms with Crippen LogP contribution in [0.5, 0.6) is 0 Å². The minimum absolute atomic E-state index is 0.187. The van der Waals surface area contributed by atoms with E-state index in [9.17, 15) is 9.59 Å². The molecular formula is C15H12N2O3S2. The van der Waals surface area contributed by atoms with Gasteiger partial charge in [0.25, 0.3) is 5.91 Å². The van der Waals surface area contributed by atoms with Gasteiger partial charge in [0.1, 0.15) is 0 Å². The van der Waals surface area contributed by atoms with Gasteiger partial charge in [-0.15, -0.1) is 11.3 Å². The minimum Gasteiger partial charge on any atom is -0.455 e. The number of nitrogens with zero attached hydrogens (tertiary/aromatic N) is 1. The summed E-state index contributed by atoms with van der Waals surface area (Å²) in [5.74, 6) is -0.805. The van der Waals surface area contributed by atoms with Crippen LogP contribution in [0.3, 0.4) is 0 Å². The van der Waals surface area contributed by atoms with Crippen molar-refractivity contribution < 1.29 is 14.3 Å². The summed E-state index contributed by atoms with van der Waals surface area (Å²) in [7, 11) is 0. The second-order valence-corrected chi connectivity index (χ2v) is 6.51. The average Bonchev–Trinajstić information content (AvgIpc) is 3.13. The number of anilines is 1. The van der Waals surface area contributed by atoms with Crippen LogP contribution in [-0.4, -0.2) is 23.5 Å². The number of para-hydroxylation sites is 1. The zero-order valence-corrected chi connectivity index (χ0v) is 13.1. The van der Waals surface area contributed by atoms with Crippen molar-refractivity contribution in [1.29, 1.82) is 0 Å². The molecule has 3 rings (SSSR count). The summed E-state index contributed by atoms with van der Waals surface area (Å²) in [6, 6.07) is 11.3. The monoisotopic (exact) mass is 332 g/mol. The molecule has 5 nitrogen and oxygen atoms in total. The molecule has 0 fully saturated rings. The van der Waals surface area contributed by atoms with Gasteiger partial charge in [-0.2, -0.15) is 0 Å². The van der Waals surface area contributed by atoms with E-state index < -0.39 is 11.9 Å². The van der Waals surface area contributed by atoms with E-state index in [1.54, 1.807) is 0 Å². The summed E-state index contributed by atoms with van der Waals surface area (Å²) >= 11 is 2.86. The molecule has 7 heteroatoms. The predicted octanol–water partition coefficient (Wildman–Crippen LogP) is 3.08. The van der Waals surface area contributed by atoms with E-state index in [1.807, 2.05) is 41.8 Å². The zero-order valence-electron chi connectivity index (χ0n) is 11.4. The van der Waals surface area contributed by atoms with Gasteiger partial charge in [-0.25, -0.2) is 4.98 Å². The van der Waals surface area contributed by atoms with Crippen molar-refractivity contribution >= 4 is 49.9 Å². The number of esters is 1. The van der Waals surface area contributed by atoms with Crippen molar-refractivity contribution in [3.8, 4) is 0 Å². The fourth-order valence-electron chi connectivity index (χ4n) is 1.83. The van der Waals surface area contributed by atoms with Crippen LogP contribution in [0.1, 0.15) is 4.88 Å². The highest BCUT2D eigenvalue weighted by molar-refractivity contribution is 7.22.